The molecule has 4 heterocycles. The van der Waals surface area contributed by atoms with Crippen molar-refractivity contribution < 1.29 is 4.74 Å². The highest BCUT2D eigenvalue weighted by molar-refractivity contribution is 5.35. The van der Waals surface area contributed by atoms with E-state index in [-0.39, 0.29) is 5.56 Å². The minimum atomic E-state index is 0.0199. The van der Waals surface area contributed by atoms with Crippen LogP contribution >= 0.6 is 0 Å². The smallest absolute Gasteiger partial charge is 0.316 e. The number of aromatic amines is 1. The van der Waals surface area contributed by atoms with Crippen LogP contribution in [0.25, 0.3) is 0 Å². The van der Waals surface area contributed by atoms with E-state index in [1.165, 1.54) is 12.8 Å². The Hall–Kier alpha value is -2.48. The second kappa shape index (κ2) is 7.41. The van der Waals surface area contributed by atoms with E-state index in [2.05, 4.69) is 24.8 Å². The second-order valence-electron chi connectivity index (χ2n) is 6.86. The van der Waals surface area contributed by atoms with Gasteiger partial charge in [-0.2, -0.15) is 0 Å². The number of hydrogen-bond donors (Lipinski definition) is 1. The van der Waals surface area contributed by atoms with E-state index in [1.807, 2.05) is 0 Å². The Balaban J connectivity index is 1.47. The summed E-state index contributed by atoms with van der Waals surface area (Å²) in [6.07, 6.45) is 7.42. The molecular weight excluding hydrogens is 332 g/mol. The lowest BCUT2D eigenvalue weighted by Gasteiger charge is -2.19. The maximum atomic E-state index is 12.6. The van der Waals surface area contributed by atoms with Crippen LogP contribution in [0, 0.1) is 0 Å². The first-order chi connectivity index (χ1) is 12.7. The summed E-state index contributed by atoms with van der Waals surface area (Å²) < 4.78 is 5.00. The summed E-state index contributed by atoms with van der Waals surface area (Å²) in [5, 5.41) is 0. The molecule has 0 saturated carbocycles. The molecule has 138 valence electrons. The lowest BCUT2D eigenvalue weighted by Crippen LogP contribution is -2.27. The highest BCUT2D eigenvalue weighted by Gasteiger charge is 2.21. The van der Waals surface area contributed by atoms with Gasteiger partial charge in [0.15, 0.2) is 0 Å². The number of methoxy groups -OCH3 is 1. The van der Waals surface area contributed by atoms with Crippen molar-refractivity contribution >= 4 is 5.95 Å². The molecule has 1 N–H and O–H groups in total. The molecular formula is C18H24N6O2. The van der Waals surface area contributed by atoms with E-state index < -0.39 is 0 Å². The van der Waals surface area contributed by atoms with E-state index in [1.54, 1.807) is 19.5 Å². The monoisotopic (exact) mass is 356 g/mol. The second-order valence-corrected chi connectivity index (χ2v) is 6.86. The number of hydrogen-bond acceptors (Lipinski definition) is 7. The predicted molar refractivity (Wildman–Crippen MR) is 97.6 cm³/mol. The Labute approximate surface area is 152 Å². The Kier molecular flexibility index (Phi) is 4.83. The van der Waals surface area contributed by atoms with Crippen LogP contribution in [0.4, 0.5) is 5.95 Å². The molecule has 0 radical (unpaired) electrons. The minimum absolute atomic E-state index is 0.0199. The summed E-state index contributed by atoms with van der Waals surface area (Å²) in [5.41, 5.74) is 2.84. The molecule has 26 heavy (non-hydrogen) atoms. The van der Waals surface area contributed by atoms with Gasteiger partial charge in [0.2, 0.25) is 5.95 Å². The molecule has 0 atom stereocenters. The molecule has 1 fully saturated rings. The predicted octanol–water partition coefficient (Wildman–Crippen LogP) is 0.769. The maximum absolute atomic E-state index is 12.6. The number of fused-ring (bicyclic) bond motifs is 1. The third-order valence-electron chi connectivity index (χ3n) is 5.11. The van der Waals surface area contributed by atoms with Gasteiger partial charge in [-0.1, -0.05) is 0 Å². The molecule has 0 bridgehead atoms. The molecule has 8 heteroatoms. The fourth-order valence-electron chi connectivity index (χ4n) is 3.67. The summed E-state index contributed by atoms with van der Waals surface area (Å²) in [4.78, 5) is 33.2. The molecule has 2 aromatic heterocycles. The van der Waals surface area contributed by atoms with Gasteiger partial charge in [0.05, 0.1) is 12.8 Å². The van der Waals surface area contributed by atoms with Gasteiger partial charge in [0.1, 0.15) is 0 Å². The van der Waals surface area contributed by atoms with E-state index in [4.69, 9.17) is 9.72 Å². The third kappa shape index (κ3) is 3.55. The summed E-state index contributed by atoms with van der Waals surface area (Å²) in [6.45, 7) is 4.41. The number of nitrogens with zero attached hydrogens (tertiary/aromatic N) is 5. The first-order valence-corrected chi connectivity index (χ1v) is 9.17. The van der Waals surface area contributed by atoms with Gasteiger partial charge in [-0.25, -0.2) is 15.0 Å². The highest BCUT2D eigenvalue weighted by Crippen LogP contribution is 2.18. The van der Waals surface area contributed by atoms with Gasteiger partial charge in [-0.15, -0.1) is 0 Å². The largest absolute Gasteiger partial charge is 0.467 e. The van der Waals surface area contributed by atoms with Crippen molar-refractivity contribution in [3.05, 3.63) is 39.6 Å². The van der Waals surface area contributed by atoms with Crippen molar-refractivity contribution in [1.82, 2.24) is 24.8 Å². The molecule has 2 aromatic rings. The standard InChI is InChI=1S/C18H24N6O2/c1-26-18-19-10-13(11-20-18)12-23-8-4-14-15(5-9-23)21-17(22-16(14)25)24-6-2-3-7-24/h10-11H,2-9,12H2,1H3,(H,21,22,25). The third-order valence-corrected chi connectivity index (χ3v) is 5.11. The van der Waals surface area contributed by atoms with Crippen LogP contribution in [0.3, 0.4) is 0 Å². The topological polar surface area (TPSA) is 87.2 Å². The SMILES string of the molecule is COc1ncc(CN2CCc3nc(N4CCCC4)[nH]c(=O)c3CC2)cn1. The zero-order valence-electron chi connectivity index (χ0n) is 15.1. The highest BCUT2D eigenvalue weighted by atomic mass is 16.5. The van der Waals surface area contributed by atoms with Crippen molar-refractivity contribution in [3.63, 3.8) is 0 Å². The summed E-state index contributed by atoms with van der Waals surface area (Å²) >= 11 is 0. The fraction of sp³-hybridized carbons (Fsp3) is 0.556. The molecule has 2 aliphatic heterocycles. The van der Waals surface area contributed by atoms with Gasteiger partial charge in [-0.05, 0) is 19.3 Å². The van der Waals surface area contributed by atoms with E-state index >= 15 is 0 Å². The molecule has 2 aliphatic rings. The Morgan fingerprint density at radius 3 is 2.58 bits per heavy atom. The molecule has 8 nitrogen and oxygen atoms in total. The van der Waals surface area contributed by atoms with Crippen LogP contribution < -0.4 is 15.2 Å². The van der Waals surface area contributed by atoms with Crippen LogP contribution in [0.15, 0.2) is 17.2 Å². The average Bonchev–Trinajstić information content (AvgIpc) is 3.12. The number of anilines is 1. The molecule has 0 amide bonds. The van der Waals surface area contributed by atoms with E-state index in [9.17, 15) is 4.79 Å². The number of H-pyrrole nitrogens is 1. The van der Waals surface area contributed by atoms with Gasteiger partial charge < -0.3 is 9.64 Å². The van der Waals surface area contributed by atoms with Gasteiger partial charge in [0.25, 0.3) is 5.56 Å². The zero-order valence-corrected chi connectivity index (χ0v) is 15.1. The van der Waals surface area contributed by atoms with Crippen LogP contribution in [0.5, 0.6) is 6.01 Å². The molecule has 0 spiro atoms. The molecule has 0 aromatic carbocycles. The number of rotatable bonds is 4. The lowest BCUT2D eigenvalue weighted by atomic mass is 10.1. The van der Waals surface area contributed by atoms with Crippen LogP contribution in [0.1, 0.15) is 29.7 Å². The first kappa shape index (κ1) is 17.0. The van der Waals surface area contributed by atoms with Crippen LogP contribution in [-0.2, 0) is 19.4 Å². The van der Waals surface area contributed by atoms with Crippen molar-refractivity contribution in [2.24, 2.45) is 0 Å². The molecule has 1 saturated heterocycles. The van der Waals surface area contributed by atoms with Crippen molar-refractivity contribution in [2.75, 3.05) is 38.2 Å². The first-order valence-electron chi connectivity index (χ1n) is 9.17. The Morgan fingerprint density at radius 2 is 1.85 bits per heavy atom. The van der Waals surface area contributed by atoms with Crippen LogP contribution in [0.2, 0.25) is 0 Å². The fourth-order valence-corrected chi connectivity index (χ4v) is 3.67. The summed E-state index contributed by atoms with van der Waals surface area (Å²) in [7, 11) is 1.56. The van der Waals surface area contributed by atoms with Gasteiger partial charge >= 0.3 is 6.01 Å². The Bertz CT molecular complexity index is 813. The Morgan fingerprint density at radius 1 is 1.12 bits per heavy atom. The van der Waals surface area contributed by atoms with E-state index in [0.29, 0.717) is 6.01 Å². The lowest BCUT2D eigenvalue weighted by molar-refractivity contribution is 0.277. The number of nitrogens with one attached hydrogen (secondary N) is 1. The minimum Gasteiger partial charge on any atom is -0.467 e. The number of ether oxygens (including phenoxy) is 1. The van der Waals surface area contributed by atoms with Gasteiger partial charge in [0, 0.05) is 62.7 Å². The molecule has 0 aliphatic carbocycles. The summed E-state index contributed by atoms with van der Waals surface area (Å²) in [6, 6.07) is 0.377. The van der Waals surface area contributed by atoms with E-state index in [0.717, 1.165) is 68.3 Å². The van der Waals surface area contributed by atoms with Crippen LogP contribution in [-0.4, -0.2) is 58.1 Å². The normalized spacial score (nSPS) is 17.8. The van der Waals surface area contributed by atoms with Crippen molar-refractivity contribution in [3.8, 4) is 6.01 Å². The van der Waals surface area contributed by atoms with Crippen molar-refractivity contribution in [1.29, 1.82) is 0 Å². The molecule has 4 rings (SSSR count). The van der Waals surface area contributed by atoms with Crippen molar-refractivity contribution in [2.45, 2.75) is 32.2 Å². The zero-order chi connectivity index (χ0) is 17.9. The average molecular weight is 356 g/mol. The molecule has 0 unspecified atom stereocenters. The van der Waals surface area contributed by atoms with Gasteiger partial charge in [-0.3, -0.25) is 14.7 Å². The quantitative estimate of drug-likeness (QED) is 0.866. The summed E-state index contributed by atoms with van der Waals surface area (Å²) in [5.74, 6) is 0.739. The maximum Gasteiger partial charge on any atom is 0.316 e. The number of aromatic nitrogens is 4.